The molecule has 11 heteroatoms. The van der Waals surface area contributed by atoms with Crippen LogP contribution in [0.25, 0.3) is 22.9 Å². The van der Waals surface area contributed by atoms with Crippen molar-refractivity contribution in [2.45, 2.75) is 29.9 Å². The molecular formula is C21H16Cl2N8S. The highest BCUT2D eigenvalue weighted by molar-refractivity contribution is 7.99. The van der Waals surface area contributed by atoms with E-state index in [2.05, 4.69) is 37.2 Å². The molecule has 0 aliphatic rings. The second-order valence-corrected chi connectivity index (χ2v) is 8.69. The van der Waals surface area contributed by atoms with Gasteiger partial charge in [0.05, 0.1) is 15.7 Å². The van der Waals surface area contributed by atoms with Crippen LogP contribution in [-0.4, -0.2) is 39.3 Å². The fourth-order valence-corrected chi connectivity index (χ4v) is 4.51. The van der Waals surface area contributed by atoms with Crippen molar-refractivity contribution in [3.05, 3.63) is 70.9 Å². The number of benzene rings is 1. The fourth-order valence-electron chi connectivity index (χ4n) is 3.26. The monoisotopic (exact) mass is 482 g/mol. The number of aromatic nitrogens is 8. The zero-order valence-corrected chi connectivity index (χ0v) is 19.2. The van der Waals surface area contributed by atoms with E-state index in [1.807, 2.05) is 28.8 Å². The molecule has 160 valence electrons. The maximum absolute atomic E-state index is 6.32. The Bertz CT molecular complexity index is 1400. The number of pyridine rings is 1. The van der Waals surface area contributed by atoms with Crippen molar-refractivity contribution >= 4 is 40.7 Å². The standard InChI is InChI=1S/C21H16Cl2N8S/c1-2-4-14-9-18(31-20(27-14)25-12-26-31)32-21-29-28-19(13-5-3-8-24-11-13)30(21)15-6-7-16(22)17(23)10-15/h3,5-12H,2,4H2,1H3. The molecule has 0 saturated heterocycles. The second kappa shape index (κ2) is 8.85. The minimum absolute atomic E-state index is 0.443. The molecule has 0 saturated carbocycles. The van der Waals surface area contributed by atoms with Gasteiger partial charge in [0.2, 0.25) is 5.16 Å². The first-order valence-electron chi connectivity index (χ1n) is 9.83. The summed E-state index contributed by atoms with van der Waals surface area (Å²) in [4.78, 5) is 13.1. The Morgan fingerprint density at radius 2 is 1.97 bits per heavy atom. The van der Waals surface area contributed by atoms with Crippen LogP contribution in [0.3, 0.4) is 0 Å². The van der Waals surface area contributed by atoms with Gasteiger partial charge in [-0.1, -0.05) is 36.5 Å². The number of fused-ring (bicyclic) bond motifs is 1. The Hall–Kier alpha value is -3.01. The van der Waals surface area contributed by atoms with Gasteiger partial charge in [-0.05, 0) is 54.6 Å². The van der Waals surface area contributed by atoms with Gasteiger partial charge >= 0.3 is 0 Å². The van der Waals surface area contributed by atoms with Gasteiger partial charge in [0.15, 0.2) is 5.82 Å². The summed E-state index contributed by atoms with van der Waals surface area (Å²) in [7, 11) is 0. The van der Waals surface area contributed by atoms with E-state index in [0.29, 0.717) is 26.8 Å². The van der Waals surface area contributed by atoms with Gasteiger partial charge in [-0.15, -0.1) is 10.2 Å². The molecule has 0 N–H and O–H groups in total. The third kappa shape index (κ3) is 3.94. The first-order chi connectivity index (χ1) is 15.6. The topological polar surface area (TPSA) is 86.7 Å². The van der Waals surface area contributed by atoms with Crippen molar-refractivity contribution in [2.75, 3.05) is 0 Å². The fraction of sp³-hybridized carbons (Fsp3) is 0.143. The Balaban J connectivity index is 1.67. The van der Waals surface area contributed by atoms with Crippen LogP contribution in [0.15, 0.2) is 65.3 Å². The number of aryl methyl sites for hydroxylation is 1. The zero-order valence-electron chi connectivity index (χ0n) is 16.9. The molecule has 0 fully saturated rings. The summed E-state index contributed by atoms with van der Waals surface area (Å²) in [6, 6.07) is 11.2. The van der Waals surface area contributed by atoms with Gasteiger partial charge in [0.25, 0.3) is 5.78 Å². The Morgan fingerprint density at radius 1 is 1.06 bits per heavy atom. The lowest BCUT2D eigenvalue weighted by Crippen LogP contribution is -2.03. The maximum Gasteiger partial charge on any atom is 0.253 e. The SMILES string of the molecule is CCCc1cc(Sc2nnc(-c3cccnc3)n2-c2ccc(Cl)c(Cl)c2)n2ncnc2n1. The number of nitrogens with zero attached hydrogens (tertiary/aromatic N) is 8. The maximum atomic E-state index is 6.32. The van der Waals surface area contributed by atoms with E-state index in [1.165, 1.54) is 18.1 Å². The molecule has 32 heavy (non-hydrogen) atoms. The lowest BCUT2D eigenvalue weighted by Gasteiger charge is -2.12. The Kier molecular flexibility index (Phi) is 5.77. The van der Waals surface area contributed by atoms with Crippen LogP contribution < -0.4 is 0 Å². The average Bonchev–Trinajstić information content (AvgIpc) is 3.44. The van der Waals surface area contributed by atoms with Gasteiger partial charge in [0.1, 0.15) is 11.4 Å². The van der Waals surface area contributed by atoms with E-state index in [1.54, 1.807) is 29.0 Å². The number of hydrogen-bond donors (Lipinski definition) is 0. The van der Waals surface area contributed by atoms with Crippen molar-refractivity contribution in [1.82, 2.24) is 39.3 Å². The van der Waals surface area contributed by atoms with E-state index in [-0.39, 0.29) is 0 Å². The van der Waals surface area contributed by atoms with Gasteiger partial charge in [-0.2, -0.15) is 14.6 Å². The van der Waals surface area contributed by atoms with Crippen molar-refractivity contribution in [3.8, 4) is 17.1 Å². The van der Waals surface area contributed by atoms with Gasteiger partial charge in [-0.3, -0.25) is 9.55 Å². The molecule has 0 unspecified atom stereocenters. The van der Waals surface area contributed by atoms with Gasteiger partial charge in [0, 0.05) is 23.7 Å². The van der Waals surface area contributed by atoms with Crippen LogP contribution in [-0.2, 0) is 6.42 Å². The molecule has 0 aliphatic heterocycles. The third-order valence-corrected chi connectivity index (χ3v) is 6.37. The van der Waals surface area contributed by atoms with Crippen molar-refractivity contribution in [3.63, 3.8) is 0 Å². The van der Waals surface area contributed by atoms with Gasteiger partial charge in [-0.25, -0.2) is 4.98 Å². The smallest absolute Gasteiger partial charge is 0.253 e. The predicted octanol–water partition coefficient (Wildman–Crippen LogP) is 5.18. The molecule has 0 spiro atoms. The third-order valence-electron chi connectivity index (χ3n) is 4.69. The summed E-state index contributed by atoms with van der Waals surface area (Å²) in [6.45, 7) is 2.11. The summed E-state index contributed by atoms with van der Waals surface area (Å²) >= 11 is 13.9. The molecular weight excluding hydrogens is 467 g/mol. The molecule has 0 atom stereocenters. The number of hydrogen-bond acceptors (Lipinski definition) is 7. The van der Waals surface area contributed by atoms with Crippen LogP contribution in [0, 0.1) is 0 Å². The predicted molar refractivity (Wildman–Crippen MR) is 124 cm³/mol. The zero-order chi connectivity index (χ0) is 22.1. The van der Waals surface area contributed by atoms with Gasteiger partial charge < -0.3 is 0 Å². The quantitative estimate of drug-likeness (QED) is 0.308. The highest BCUT2D eigenvalue weighted by Crippen LogP contribution is 2.34. The summed E-state index contributed by atoms with van der Waals surface area (Å²) in [5.41, 5.74) is 2.55. The lowest BCUT2D eigenvalue weighted by molar-refractivity contribution is 0.795. The van der Waals surface area contributed by atoms with Crippen LogP contribution >= 0.6 is 35.0 Å². The summed E-state index contributed by atoms with van der Waals surface area (Å²) in [6.07, 6.45) is 6.77. The molecule has 0 bridgehead atoms. The normalized spacial score (nSPS) is 11.3. The first kappa shape index (κ1) is 20.9. The van der Waals surface area contributed by atoms with Crippen LogP contribution in [0.5, 0.6) is 0 Å². The van der Waals surface area contributed by atoms with Crippen LogP contribution in [0.4, 0.5) is 0 Å². The molecule has 0 aliphatic carbocycles. The molecule has 1 aromatic carbocycles. The highest BCUT2D eigenvalue weighted by Gasteiger charge is 2.20. The molecule has 4 aromatic heterocycles. The largest absolute Gasteiger partial charge is 0.270 e. The minimum Gasteiger partial charge on any atom is -0.270 e. The average molecular weight is 483 g/mol. The van der Waals surface area contributed by atoms with E-state index in [4.69, 9.17) is 23.2 Å². The number of halogens is 2. The minimum atomic E-state index is 0.443. The summed E-state index contributed by atoms with van der Waals surface area (Å²) < 4.78 is 3.62. The molecule has 0 amide bonds. The molecule has 4 heterocycles. The molecule has 5 rings (SSSR count). The lowest BCUT2D eigenvalue weighted by atomic mass is 10.2. The Morgan fingerprint density at radius 3 is 2.75 bits per heavy atom. The van der Waals surface area contributed by atoms with Crippen LogP contribution in [0.1, 0.15) is 19.0 Å². The molecule has 8 nitrogen and oxygen atoms in total. The summed E-state index contributed by atoms with van der Waals surface area (Å²) in [5, 5.41) is 15.6. The number of rotatable bonds is 6. The molecule has 0 radical (unpaired) electrons. The van der Waals surface area contributed by atoms with E-state index < -0.39 is 0 Å². The van der Waals surface area contributed by atoms with E-state index in [0.717, 1.165) is 34.8 Å². The first-order valence-corrected chi connectivity index (χ1v) is 11.4. The van der Waals surface area contributed by atoms with Crippen LogP contribution in [0.2, 0.25) is 10.0 Å². The van der Waals surface area contributed by atoms with E-state index in [9.17, 15) is 0 Å². The van der Waals surface area contributed by atoms with E-state index >= 15 is 0 Å². The van der Waals surface area contributed by atoms with Crippen molar-refractivity contribution in [2.24, 2.45) is 0 Å². The summed E-state index contributed by atoms with van der Waals surface area (Å²) in [5.74, 6) is 1.18. The second-order valence-electron chi connectivity index (χ2n) is 6.89. The highest BCUT2D eigenvalue weighted by atomic mass is 35.5. The van der Waals surface area contributed by atoms with Crippen molar-refractivity contribution in [1.29, 1.82) is 0 Å². The van der Waals surface area contributed by atoms with Crippen molar-refractivity contribution < 1.29 is 0 Å². The molecule has 5 aromatic rings. The Labute approximate surface area is 197 Å².